The van der Waals surface area contributed by atoms with Crippen LogP contribution < -0.4 is 0 Å². The number of hydrogen-bond acceptors (Lipinski definition) is 7. The van der Waals surface area contributed by atoms with Crippen molar-refractivity contribution in [2.24, 2.45) is 17.8 Å². The van der Waals surface area contributed by atoms with Crippen LogP contribution in [0.15, 0.2) is 59.6 Å². The molecule has 3 aliphatic heterocycles. The van der Waals surface area contributed by atoms with Crippen LogP contribution in [0.25, 0.3) is 0 Å². The molecule has 4 atom stereocenters. The maximum Gasteiger partial charge on any atom is 0.487 e. The van der Waals surface area contributed by atoms with Crippen LogP contribution in [-0.4, -0.2) is 71.7 Å². The number of carbonyl (C=O) groups excluding carboxylic acids is 2. The third-order valence-electron chi connectivity index (χ3n) is 9.07. The number of amides is 2. The monoisotopic (exact) mass is 564 g/mol. The number of likely N-dealkylation sites (tertiary alicyclic amines) is 2. The first-order valence-corrected chi connectivity index (χ1v) is 14.4. The first-order chi connectivity index (χ1) is 19.4. The highest BCUT2D eigenvalue weighted by Crippen LogP contribution is 2.52. The van der Waals surface area contributed by atoms with Gasteiger partial charge in [-0.3, -0.25) is 19.4 Å². The largest absolute Gasteiger partial charge is 0.508 e. The van der Waals surface area contributed by atoms with Crippen molar-refractivity contribution in [1.82, 2.24) is 9.80 Å². The number of phenols is 1. The normalized spacial score (nSPS) is 27.8. The zero-order chi connectivity index (χ0) is 28.0. The summed E-state index contributed by atoms with van der Waals surface area (Å²) in [5, 5.41) is 21.3. The Hall–Kier alpha value is -2.69. The van der Waals surface area contributed by atoms with Gasteiger partial charge in [-0.15, -0.1) is 0 Å². The summed E-state index contributed by atoms with van der Waals surface area (Å²) in [6, 6.07) is 14.8. The lowest BCUT2D eigenvalue weighted by molar-refractivity contribution is -0.144. The number of methoxy groups -OCH3 is 1. The molecule has 0 aromatic heterocycles. The van der Waals surface area contributed by atoms with Gasteiger partial charge in [-0.25, -0.2) is 0 Å². The van der Waals surface area contributed by atoms with Gasteiger partial charge >= 0.3 is 7.12 Å². The van der Waals surface area contributed by atoms with Crippen molar-refractivity contribution in [3.05, 3.63) is 75.7 Å². The summed E-state index contributed by atoms with van der Waals surface area (Å²) in [6.07, 6.45) is 1.68. The van der Waals surface area contributed by atoms with Gasteiger partial charge in [-0.1, -0.05) is 48.0 Å². The van der Waals surface area contributed by atoms with Crippen molar-refractivity contribution >= 4 is 30.5 Å². The Morgan fingerprint density at radius 1 is 1.07 bits per heavy atom. The van der Waals surface area contributed by atoms with Crippen LogP contribution in [0.1, 0.15) is 42.9 Å². The molecule has 6 rings (SSSR count). The fraction of sp³-hybridized carbons (Fsp3) is 0.467. The number of rotatable bonds is 6. The van der Waals surface area contributed by atoms with Crippen molar-refractivity contribution in [3.63, 3.8) is 0 Å². The molecule has 0 bridgehead atoms. The summed E-state index contributed by atoms with van der Waals surface area (Å²) < 4.78 is 11.5. The molecule has 2 amide bonds. The van der Waals surface area contributed by atoms with Gasteiger partial charge < -0.3 is 19.5 Å². The molecule has 2 aromatic carbocycles. The lowest BCUT2D eigenvalue weighted by atomic mass is 9.55. The Morgan fingerprint density at radius 3 is 2.52 bits per heavy atom. The first kappa shape index (κ1) is 27.5. The highest BCUT2D eigenvalue weighted by molar-refractivity contribution is 6.53. The number of allylic oxidation sites excluding steroid dienone is 1. The fourth-order valence-corrected chi connectivity index (χ4v) is 7.55. The highest BCUT2D eigenvalue weighted by Gasteiger charge is 2.59. The maximum absolute atomic E-state index is 14.1. The number of hydrogen-bond donors (Lipinski definition) is 2. The summed E-state index contributed by atoms with van der Waals surface area (Å²) in [5.74, 6) is -1.61. The molecule has 40 heavy (non-hydrogen) atoms. The van der Waals surface area contributed by atoms with E-state index in [1.165, 1.54) is 17.7 Å². The van der Waals surface area contributed by atoms with Crippen molar-refractivity contribution in [2.75, 3.05) is 26.8 Å². The minimum absolute atomic E-state index is 0.0350. The number of phenolic OH excluding ortho intramolecular Hbond substituents is 1. The second-order valence-corrected chi connectivity index (χ2v) is 11.8. The van der Waals surface area contributed by atoms with Gasteiger partial charge in [0.15, 0.2) is 0 Å². The Balaban J connectivity index is 1.23. The number of fused-ring (bicyclic) bond motifs is 3. The number of ether oxygens (including phenoxy) is 1. The van der Waals surface area contributed by atoms with E-state index in [9.17, 15) is 19.7 Å². The van der Waals surface area contributed by atoms with Crippen molar-refractivity contribution in [1.29, 1.82) is 0 Å². The molecular formula is C30H34BClN2O6. The Bertz CT molecular complexity index is 1310. The second kappa shape index (κ2) is 11.3. The van der Waals surface area contributed by atoms with Gasteiger partial charge in [0.2, 0.25) is 11.8 Å². The van der Waals surface area contributed by atoms with E-state index in [1.807, 2.05) is 18.2 Å². The molecule has 1 aliphatic carbocycles. The van der Waals surface area contributed by atoms with E-state index in [2.05, 4.69) is 17.0 Å². The van der Waals surface area contributed by atoms with Crippen molar-refractivity contribution in [2.45, 2.75) is 44.4 Å². The van der Waals surface area contributed by atoms with E-state index in [0.29, 0.717) is 28.9 Å². The molecule has 3 saturated heterocycles. The van der Waals surface area contributed by atoms with Gasteiger partial charge in [-0.2, -0.15) is 0 Å². The Morgan fingerprint density at radius 2 is 1.82 bits per heavy atom. The van der Waals surface area contributed by atoms with Gasteiger partial charge in [-0.05, 0) is 65.9 Å². The number of halogens is 1. The number of nitrogens with zero attached hydrogens (tertiary/aromatic N) is 2. The first-order valence-electron chi connectivity index (χ1n) is 14.0. The van der Waals surface area contributed by atoms with Crippen LogP contribution in [0.5, 0.6) is 5.75 Å². The minimum atomic E-state index is -1.24. The van der Waals surface area contributed by atoms with Crippen LogP contribution >= 0.6 is 11.6 Å². The summed E-state index contributed by atoms with van der Waals surface area (Å²) in [6.45, 7) is 2.76. The Labute approximate surface area is 239 Å². The summed E-state index contributed by atoms with van der Waals surface area (Å²) in [7, 11) is 0.346. The zero-order valence-electron chi connectivity index (χ0n) is 22.5. The molecule has 0 radical (unpaired) electrons. The Kier molecular flexibility index (Phi) is 7.76. The molecule has 2 N–H and O–H groups in total. The standard InChI is InChI=1S/C30H34BClN2O6/c1-39-17-19-13-24-27(23-15-26(40-31(38)28(19)23)22-8-7-21(35)14-25(22)32)30(37)34(29(24)36)20-9-11-33(12-10-20)16-18-5-3-2-4-6-18/h2-8,14,20,23-24,26-27,35,38H,9-13,15-17H2,1H3/t23-,24-,26-,27+/m0/s1. The molecule has 8 nitrogen and oxygen atoms in total. The average molecular weight is 565 g/mol. The molecule has 3 fully saturated rings. The van der Waals surface area contributed by atoms with Crippen LogP contribution in [0.3, 0.4) is 0 Å². The number of benzene rings is 2. The molecule has 0 saturated carbocycles. The van der Waals surface area contributed by atoms with Gasteiger partial charge in [0, 0.05) is 37.8 Å². The summed E-state index contributed by atoms with van der Waals surface area (Å²) >= 11 is 6.43. The van der Waals surface area contributed by atoms with Gasteiger partial charge in [0.05, 0.1) is 24.5 Å². The van der Waals surface area contributed by atoms with E-state index < -0.39 is 25.1 Å². The fourth-order valence-electron chi connectivity index (χ4n) is 7.26. The molecule has 210 valence electrons. The topological polar surface area (TPSA) is 99.5 Å². The zero-order valence-corrected chi connectivity index (χ0v) is 23.3. The molecule has 10 heteroatoms. The number of aromatic hydroxyl groups is 1. The van der Waals surface area contributed by atoms with Crippen molar-refractivity contribution in [3.8, 4) is 5.75 Å². The van der Waals surface area contributed by atoms with Gasteiger partial charge in [0.1, 0.15) is 5.75 Å². The van der Waals surface area contributed by atoms with Crippen LogP contribution in [0.4, 0.5) is 0 Å². The van der Waals surface area contributed by atoms with Crippen LogP contribution in [-0.2, 0) is 25.5 Å². The molecule has 0 unspecified atom stereocenters. The quantitative estimate of drug-likeness (QED) is 0.407. The molecule has 4 aliphatic rings. The van der Waals surface area contributed by atoms with E-state index in [0.717, 1.165) is 38.0 Å². The van der Waals surface area contributed by atoms with Crippen molar-refractivity contribution < 1.29 is 29.1 Å². The maximum atomic E-state index is 14.1. The number of imide groups is 1. The highest BCUT2D eigenvalue weighted by atomic mass is 35.5. The van der Waals surface area contributed by atoms with E-state index in [1.54, 1.807) is 18.1 Å². The average Bonchev–Trinajstić information content (AvgIpc) is 3.19. The predicted octanol–water partition coefficient (Wildman–Crippen LogP) is 3.76. The molecule has 0 spiro atoms. The van der Waals surface area contributed by atoms with E-state index in [-0.39, 0.29) is 36.1 Å². The lowest BCUT2D eigenvalue weighted by Gasteiger charge is -2.42. The number of carbonyl (C=O) groups is 2. The van der Waals surface area contributed by atoms with Crippen LogP contribution in [0, 0.1) is 17.8 Å². The third-order valence-corrected chi connectivity index (χ3v) is 9.39. The van der Waals surface area contributed by atoms with E-state index >= 15 is 0 Å². The SMILES string of the molecule is COCC1=C2B(O)O[C@H](c3ccc(O)cc3Cl)C[C@H]2[C@H]2C(=O)N(C3CCN(Cc4ccccc4)CC3)C(=O)[C@H]2C1. The molecule has 3 heterocycles. The molecular weight excluding hydrogens is 531 g/mol. The third kappa shape index (κ3) is 4.99. The van der Waals surface area contributed by atoms with Crippen LogP contribution in [0.2, 0.25) is 5.02 Å². The van der Waals surface area contributed by atoms with Gasteiger partial charge in [0.25, 0.3) is 0 Å². The summed E-state index contributed by atoms with van der Waals surface area (Å²) in [5.41, 5.74) is 3.38. The molecule has 2 aromatic rings. The number of piperidine rings is 1. The predicted molar refractivity (Wildman–Crippen MR) is 150 cm³/mol. The smallest absolute Gasteiger partial charge is 0.487 e. The second-order valence-electron chi connectivity index (χ2n) is 11.4. The van der Waals surface area contributed by atoms with E-state index in [4.69, 9.17) is 21.0 Å². The lowest BCUT2D eigenvalue weighted by Crippen LogP contribution is -2.48. The minimum Gasteiger partial charge on any atom is -0.508 e. The summed E-state index contributed by atoms with van der Waals surface area (Å²) in [4.78, 5) is 31.8.